The number of thiophene rings is 1. The molecule has 2 rings (SSSR count). The lowest BCUT2D eigenvalue weighted by atomic mass is 10.1. The highest BCUT2D eigenvalue weighted by atomic mass is 79.9. The minimum atomic E-state index is -0.00705. The smallest absolute Gasteiger partial charge is 0.0730 e. The first-order valence-electron chi connectivity index (χ1n) is 5.84. The maximum Gasteiger partial charge on any atom is 0.0730 e. The second-order valence-corrected chi connectivity index (χ2v) is 6.65. The standard InChI is InChI=1S/C14H16BrNOS/c1-10-7-12(18-14(10)15)8-16-13(9-17)11-5-3-2-4-6-11/h2-7,13,16-17H,8-9H2,1H3. The van der Waals surface area contributed by atoms with E-state index in [-0.39, 0.29) is 12.6 Å². The summed E-state index contributed by atoms with van der Waals surface area (Å²) in [6, 6.07) is 12.2. The minimum Gasteiger partial charge on any atom is -0.394 e. The van der Waals surface area contributed by atoms with E-state index >= 15 is 0 Å². The minimum absolute atomic E-state index is 0.00705. The zero-order valence-corrected chi connectivity index (χ0v) is 12.6. The summed E-state index contributed by atoms with van der Waals surface area (Å²) in [6.45, 7) is 2.97. The summed E-state index contributed by atoms with van der Waals surface area (Å²) in [5.74, 6) is 0. The molecule has 0 radical (unpaired) electrons. The predicted molar refractivity (Wildman–Crippen MR) is 79.9 cm³/mol. The molecule has 0 spiro atoms. The van der Waals surface area contributed by atoms with E-state index in [1.165, 1.54) is 14.2 Å². The third-order valence-electron chi connectivity index (χ3n) is 2.82. The van der Waals surface area contributed by atoms with Crippen LogP contribution < -0.4 is 5.32 Å². The van der Waals surface area contributed by atoms with Gasteiger partial charge in [0, 0.05) is 11.4 Å². The third-order valence-corrected chi connectivity index (χ3v) is 4.95. The fraction of sp³-hybridized carbons (Fsp3) is 0.286. The Morgan fingerprint density at radius 1 is 1.33 bits per heavy atom. The van der Waals surface area contributed by atoms with Crippen LogP contribution >= 0.6 is 27.3 Å². The molecule has 2 nitrogen and oxygen atoms in total. The van der Waals surface area contributed by atoms with E-state index < -0.39 is 0 Å². The fourth-order valence-electron chi connectivity index (χ4n) is 1.81. The number of aliphatic hydroxyl groups excluding tert-OH is 1. The Labute approximate surface area is 120 Å². The zero-order chi connectivity index (χ0) is 13.0. The molecule has 0 saturated heterocycles. The first kappa shape index (κ1) is 13.7. The van der Waals surface area contributed by atoms with E-state index in [1.807, 2.05) is 30.3 Å². The van der Waals surface area contributed by atoms with E-state index in [4.69, 9.17) is 0 Å². The molecule has 0 aliphatic carbocycles. The molecule has 0 amide bonds. The predicted octanol–water partition coefficient (Wildman–Crippen LogP) is 3.64. The van der Waals surface area contributed by atoms with Crippen molar-refractivity contribution in [1.29, 1.82) is 0 Å². The van der Waals surface area contributed by atoms with Crippen molar-refractivity contribution in [3.8, 4) is 0 Å². The van der Waals surface area contributed by atoms with Crippen molar-refractivity contribution in [3.05, 3.63) is 56.2 Å². The van der Waals surface area contributed by atoms with Crippen LogP contribution in [0.3, 0.4) is 0 Å². The van der Waals surface area contributed by atoms with E-state index in [2.05, 4.69) is 34.2 Å². The van der Waals surface area contributed by atoms with Crippen molar-refractivity contribution in [2.24, 2.45) is 0 Å². The van der Waals surface area contributed by atoms with Gasteiger partial charge in [-0.05, 0) is 40.0 Å². The molecule has 1 aromatic heterocycles. The van der Waals surface area contributed by atoms with Crippen LogP contribution in [-0.4, -0.2) is 11.7 Å². The second-order valence-electron chi connectivity index (χ2n) is 4.20. The molecule has 0 fully saturated rings. The largest absolute Gasteiger partial charge is 0.394 e. The first-order chi connectivity index (χ1) is 8.70. The number of hydrogen-bond acceptors (Lipinski definition) is 3. The number of rotatable bonds is 5. The quantitative estimate of drug-likeness (QED) is 0.879. The Hall–Kier alpha value is -0.680. The van der Waals surface area contributed by atoms with Crippen LogP contribution in [-0.2, 0) is 6.54 Å². The monoisotopic (exact) mass is 325 g/mol. The van der Waals surface area contributed by atoms with Crippen LogP contribution in [0.1, 0.15) is 22.0 Å². The van der Waals surface area contributed by atoms with Crippen LogP contribution in [0.25, 0.3) is 0 Å². The van der Waals surface area contributed by atoms with Gasteiger partial charge in [0.1, 0.15) is 0 Å². The molecule has 0 saturated carbocycles. The molecule has 4 heteroatoms. The van der Waals surface area contributed by atoms with Gasteiger partial charge in [-0.3, -0.25) is 0 Å². The summed E-state index contributed by atoms with van der Waals surface area (Å²) in [7, 11) is 0. The van der Waals surface area contributed by atoms with Gasteiger partial charge in [0.05, 0.1) is 16.4 Å². The van der Waals surface area contributed by atoms with Crippen LogP contribution in [0.15, 0.2) is 40.2 Å². The van der Waals surface area contributed by atoms with E-state index in [9.17, 15) is 5.11 Å². The van der Waals surface area contributed by atoms with Crippen molar-refractivity contribution in [3.63, 3.8) is 0 Å². The molecular weight excluding hydrogens is 310 g/mol. The summed E-state index contributed by atoms with van der Waals surface area (Å²) in [5, 5.41) is 12.8. The Bertz CT molecular complexity index is 478. The molecule has 1 heterocycles. The maximum atomic E-state index is 9.45. The highest BCUT2D eigenvalue weighted by molar-refractivity contribution is 9.11. The molecule has 1 unspecified atom stereocenters. The van der Waals surface area contributed by atoms with Crippen LogP contribution in [0.2, 0.25) is 0 Å². The number of halogens is 1. The van der Waals surface area contributed by atoms with Crippen molar-refractivity contribution in [1.82, 2.24) is 5.32 Å². The molecule has 18 heavy (non-hydrogen) atoms. The van der Waals surface area contributed by atoms with E-state index in [1.54, 1.807) is 11.3 Å². The molecule has 0 bridgehead atoms. The van der Waals surface area contributed by atoms with Gasteiger partial charge in [0.2, 0.25) is 0 Å². The second kappa shape index (κ2) is 6.48. The summed E-state index contributed by atoms with van der Waals surface area (Å²) >= 11 is 5.26. The van der Waals surface area contributed by atoms with Gasteiger partial charge in [-0.2, -0.15) is 0 Å². The van der Waals surface area contributed by atoms with Crippen LogP contribution in [0.4, 0.5) is 0 Å². The molecule has 2 aromatic rings. The average molecular weight is 326 g/mol. The van der Waals surface area contributed by atoms with Crippen molar-refractivity contribution < 1.29 is 5.11 Å². The highest BCUT2D eigenvalue weighted by Crippen LogP contribution is 2.27. The Balaban J connectivity index is 1.99. The van der Waals surface area contributed by atoms with E-state index in [0.29, 0.717) is 0 Å². The summed E-state index contributed by atoms with van der Waals surface area (Å²) < 4.78 is 1.18. The summed E-state index contributed by atoms with van der Waals surface area (Å²) in [6.07, 6.45) is 0. The first-order valence-corrected chi connectivity index (χ1v) is 7.45. The molecular formula is C14H16BrNOS. The van der Waals surface area contributed by atoms with Crippen molar-refractivity contribution in [2.45, 2.75) is 19.5 Å². The van der Waals surface area contributed by atoms with Crippen LogP contribution in [0.5, 0.6) is 0 Å². The van der Waals surface area contributed by atoms with Crippen molar-refractivity contribution >= 4 is 27.3 Å². The lowest BCUT2D eigenvalue weighted by molar-refractivity contribution is 0.244. The number of aryl methyl sites for hydroxylation is 1. The Kier molecular flexibility index (Phi) is 4.95. The normalized spacial score (nSPS) is 12.6. The topological polar surface area (TPSA) is 32.3 Å². The van der Waals surface area contributed by atoms with Gasteiger partial charge in [0.15, 0.2) is 0 Å². The van der Waals surface area contributed by atoms with Gasteiger partial charge >= 0.3 is 0 Å². The molecule has 0 aliphatic rings. The van der Waals surface area contributed by atoms with Crippen LogP contribution in [0, 0.1) is 6.92 Å². The molecule has 2 N–H and O–H groups in total. The number of aliphatic hydroxyl groups is 1. The summed E-state index contributed by atoms with van der Waals surface area (Å²) in [5.41, 5.74) is 2.38. The lowest BCUT2D eigenvalue weighted by Crippen LogP contribution is -2.23. The zero-order valence-electron chi connectivity index (χ0n) is 10.2. The highest BCUT2D eigenvalue weighted by Gasteiger charge is 2.10. The van der Waals surface area contributed by atoms with Gasteiger partial charge in [0.25, 0.3) is 0 Å². The molecule has 0 aliphatic heterocycles. The lowest BCUT2D eigenvalue weighted by Gasteiger charge is -2.15. The van der Waals surface area contributed by atoms with Gasteiger partial charge in [-0.15, -0.1) is 11.3 Å². The average Bonchev–Trinajstić information content (AvgIpc) is 2.71. The number of benzene rings is 1. The number of nitrogens with one attached hydrogen (secondary N) is 1. The SMILES string of the molecule is Cc1cc(CNC(CO)c2ccccc2)sc1Br. The van der Waals surface area contributed by atoms with Gasteiger partial charge in [-0.1, -0.05) is 30.3 Å². The summed E-state index contributed by atoms with van der Waals surface area (Å²) in [4.78, 5) is 1.27. The number of hydrogen-bond donors (Lipinski definition) is 2. The molecule has 1 atom stereocenters. The molecule has 1 aromatic carbocycles. The van der Waals surface area contributed by atoms with Crippen molar-refractivity contribution in [2.75, 3.05) is 6.61 Å². The fourth-order valence-corrected chi connectivity index (χ4v) is 3.39. The van der Waals surface area contributed by atoms with Gasteiger partial charge in [-0.25, -0.2) is 0 Å². The maximum absolute atomic E-state index is 9.45. The van der Waals surface area contributed by atoms with Gasteiger partial charge < -0.3 is 10.4 Å². The molecule has 96 valence electrons. The Morgan fingerprint density at radius 3 is 2.61 bits per heavy atom. The Morgan fingerprint density at radius 2 is 2.06 bits per heavy atom. The van der Waals surface area contributed by atoms with E-state index in [0.717, 1.165) is 12.1 Å². The third kappa shape index (κ3) is 3.42.